The molecule has 1 aromatic heterocycles. The highest BCUT2D eigenvalue weighted by molar-refractivity contribution is 7.82. The van der Waals surface area contributed by atoms with Gasteiger partial charge < -0.3 is 4.55 Å². The van der Waals surface area contributed by atoms with E-state index in [-0.39, 0.29) is 0 Å². The Bertz CT molecular complexity index is 271. The van der Waals surface area contributed by atoms with E-state index in [1.807, 2.05) is 0 Å². The molecule has 0 fully saturated rings. The molecule has 1 rings (SSSR count). The summed E-state index contributed by atoms with van der Waals surface area (Å²) in [6.45, 7) is 0. The molecule has 0 saturated carbocycles. The molecular weight excluding hydrogens is 162 g/mol. The lowest BCUT2D eigenvalue weighted by Crippen LogP contribution is -1.77. The van der Waals surface area contributed by atoms with Crippen LogP contribution in [0.25, 0.3) is 6.08 Å². The predicted molar refractivity (Wildman–Crippen MR) is 44.0 cm³/mol. The lowest BCUT2D eigenvalue weighted by molar-refractivity contribution is 0.574. The third kappa shape index (κ3) is 3.06. The Morgan fingerprint density at radius 1 is 1.64 bits per heavy atom. The number of nitrogens with zero attached hydrogens (tertiary/aromatic N) is 1. The normalized spacial score (nSPS) is 13.5. The number of hydrogen-bond donors (Lipinski definition) is 1. The van der Waals surface area contributed by atoms with Crippen LogP contribution in [0.4, 0.5) is 0 Å². The minimum absolute atomic E-state index is 0.815. The summed E-state index contributed by atoms with van der Waals surface area (Å²) in [7, 11) is 0. The van der Waals surface area contributed by atoms with Gasteiger partial charge in [0.15, 0.2) is 11.1 Å². The zero-order valence-corrected chi connectivity index (χ0v) is 6.49. The quantitative estimate of drug-likeness (QED) is 0.678. The first-order valence-corrected chi connectivity index (χ1v) is 4.14. The third-order valence-electron chi connectivity index (χ3n) is 1.06. The van der Waals surface area contributed by atoms with E-state index in [4.69, 9.17) is 4.55 Å². The summed E-state index contributed by atoms with van der Waals surface area (Å²) >= 11 is -1.87. The van der Waals surface area contributed by atoms with Crippen LogP contribution in [0.2, 0.25) is 0 Å². The van der Waals surface area contributed by atoms with Crippen molar-refractivity contribution >= 4 is 17.2 Å². The first-order valence-electron chi connectivity index (χ1n) is 2.97. The second-order valence-electron chi connectivity index (χ2n) is 1.87. The van der Waals surface area contributed by atoms with Gasteiger partial charge in [-0.3, -0.25) is 4.98 Å². The Balaban J connectivity index is 2.72. The minimum atomic E-state index is -1.87. The Morgan fingerprint density at radius 2 is 2.45 bits per heavy atom. The molecule has 1 aromatic rings. The van der Waals surface area contributed by atoms with E-state index in [2.05, 4.69) is 4.98 Å². The standard InChI is InChI=1S/C7H7NO2S/c9-11(10)5-3-7-2-1-4-8-6-7/h1-6H,(H,9,10)/b5-3+. The van der Waals surface area contributed by atoms with Gasteiger partial charge in [-0.25, -0.2) is 4.21 Å². The fourth-order valence-corrected chi connectivity index (χ4v) is 0.885. The maximum Gasteiger partial charge on any atom is 0.178 e. The van der Waals surface area contributed by atoms with E-state index in [1.165, 1.54) is 5.41 Å². The van der Waals surface area contributed by atoms with E-state index in [1.54, 1.807) is 30.6 Å². The minimum Gasteiger partial charge on any atom is -0.303 e. The van der Waals surface area contributed by atoms with E-state index in [9.17, 15) is 4.21 Å². The van der Waals surface area contributed by atoms with Gasteiger partial charge in [0.05, 0.1) is 0 Å². The average molecular weight is 169 g/mol. The summed E-state index contributed by atoms with van der Waals surface area (Å²) in [5.41, 5.74) is 0.815. The lowest BCUT2D eigenvalue weighted by Gasteiger charge is -1.87. The maximum absolute atomic E-state index is 10.2. The molecule has 1 unspecified atom stereocenters. The topological polar surface area (TPSA) is 50.2 Å². The van der Waals surface area contributed by atoms with E-state index in [0.29, 0.717) is 0 Å². The molecule has 11 heavy (non-hydrogen) atoms. The summed E-state index contributed by atoms with van der Waals surface area (Å²) in [4.78, 5) is 3.83. The van der Waals surface area contributed by atoms with Crippen LogP contribution in [0.15, 0.2) is 29.9 Å². The molecule has 58 valence electrons. The molecular formula is C7H7NO2S. The van der Waals surface area contributed by atoms with Crippen molar-refractivity contribution in [1.29, 1.82) is 0 Å². The predicted octanol–water partition coefficient (Wildman–Crippen LogP) is 1.27. The Labute approximate surface area is 67.1 Å². The van der Waals surface area contributed by atoms with E-state index < -0.39 is 11.1 Å². The first-order chi connectivity index (χ1) is 5.29. The molecule has 0 aromatic carbocycles. The smallest absolute Gasteiger partial charge is 0.178 e. The van der Waals surface area contributed by atoms with Gasteiger partial charge in [0.25, 0.3) is 0 Å². The Kier molecular flexibility index (Phi) is 2.95. The highest BCUT2D eigenvalue weighted by Gasteiger charge is 1.84. The van der Waals surface area contributed by atoms with Crippen molar-refractivity contribution in [1.82, 2.24) is 4.98 Å². The molecule has 0 aliphatic heterocycles. The fraction of sp³-hybridized carbons (Fsp3) is 0. The third-order valence-corrected chi connectivity index (χ3v) is 1.43. The summed E-state index contributed by atoms with van der Waals surface area (Å²) < 4.78 is 18.6. The summed E-state index contributed by atoms with van der Waals surface area (Å²) in [5, 5.41) is 1.19. The molecule has 0 radical (unpaired) electrons. The lowest BCUT2D eigenvalue weighted by atomic mass is 10.3. The number of aromatic nitrogens is 1. The highest BCUT2D eigenvalue weighted by Crippen LogP contribution is 1.98. The van der Waals surface area contributed by atoms with Crippen molar-refractivity contribution in [2.75, 3.05) is 0 Å². The SMILES string of the molecule is O=S(O)/C=C/c1cccnc1. The number of pyridine rings is 1. The zero-order valence-electron chi connectivity index (χ0n) is 5.68. The van der Waals surface area contributed by atoms with Gasteiger partial charge in [0, 0.05) is 17.8 Å². The van der Waals surface area contributed by atoms with E-state index >= 15 is 0 Å². The molecule has 1 N–H and O–H groups in total. The zero-order chi connectivity index (χ0) is 8.10. The maximum atomic E-state index is 10.2. The second-order valence-corrected chi connectivity index (χ2v) is 2.69. The highest BCUT2D eigenvalue weighted by atomic mass is 32.2. The average Bonchev–Trinajstić information content (AvgIpc) is 2.03. The van der Waals surface area contributed by atoms with Crippen LogP contribution in [0.5, 0.6) is 0 Å². The van der Waals surface area contributed by atoms with E-state index in [0.717, 1.165) is 5.56 Å². The van der Waals surface area contributed by atoms with Crippen molar-refractivity contribution < 1.29 is 8.76 Å². The van der Waals surface area contributed by atoms with Gasteiger partial charge in [0.1, 0.15) is 0 Å². The molecule has 4 heteroatoms. The van der Waals surface area contributed by atoms with Crippen molar-refractivity contribution in [2.24, 2.45) is 0 Å². The summed E-state index contributed by atoms with van der Waals surface area (Å²) in [5.74, 6) is 0. The van der Waals surface area contributed by atoms with Crippen molar-refractivity contribution in [3.05, 3.63) is 35.5 Å². The van der Waals surface area contributed by atoms with Crippen LogP contribution in [0.3, 0.4) is 0 Å². The fourth-order valence-electron chi connectivity index (χ4n) is 0.611. The second kappa shape index (κ2) is 4.00. The first kappa shape index (κ1) is 8.10. The van der Waals surface area contributed by atoms with Crippen LogP contribution >= 0.6 is 0 Å². The molecule has 0 bridgehead atoms. The van der Waals surface area contributed by atoms with Gasteiger partial charge in [-0.05, 0) is 17.7 Å². The summed E-state index contributed by atoms with van der Waals surface area (Å²) in [6.07, 6.45) is 4.81. The van der Waals surface area contributed by atoms with Gasteiger partial charge >= 0.3 is 0 Å². The Morgan fingerprint density at radius 3 is 3.00 bits per heavy atom. The number of rotatable bonds is 2. The van der Waals surface area contributed by atoms with Crippen LogP contribution in [0.1, 0.15) is 5.56 Å². The van der Waals surface area contributed by atoms with Crippen LogP contribution in [0, 0.1) is 0 Å². The Hall–Kier alpha value is -1.00. The van der Waals surface area contributed by atoms with Crippen molar-refractivity contribution in [3.8, 4) is 0 Å². The van der Waals surface area contributed by atoms with Crippen LogP contribution < -0.4 is 0 Å². The molecule has 0 aliphatic carbocycles. The molecule has 0 aliphatic rings. The molecule has 0 saturated heterocycles. The largest absolute Gasteiger partial charge is 0.303 e. The van der Waals surface area contributed by atoms with Crippen LogP contribution in [-0.2, 0) is 11.1 Å². The van der Waals surface area contributed by atoms with Crippen LogP contribution in [-0.4, -0.2) is 13.7 Å². The van der Waals surface area contributed by atoms with Crippen molar-refractivity contribution in [3.63, 3.8) is 0 Å². The molecule has 0 amide bonds. The van der Waals surface area contributed by atoms with Gasteiger partial charge in [-0.1, -0.05) is 6.07 Å². The summed E-state index contributed by atoms with van der Waals surface area (Å²) in [6, 6.07) is 3.57. The molecule has 0 spiro atoms. The van der Waals surface area contributed by atoms with Gasteiger partial charge in [-0.2, -0.15) is 0 Å². The number of hydrogen-bond acceptors (Lipinski definition) is 2. The van der Waals surface area contributed by atoms with Gasteiger partial charge in [-0.15, -0.1) is 0 Å². The van der Waals surface area contributed by atoms with Crippen molar-refractivity contribution in [2.45, 2.75) is 0 Å². The molecule has 1 atom stereocenters. The monoisotopic (exact) mass is 169 g/mol. The molecule has 1 heterocycles. The van der Waals surface area contributed by atoms with Gasteiger partial charge in [0.2, 0.25) is 0 Å². The molecule has 3 nitrogen and oxygen atoms in total.